The lowest BCUT2D eigenvalue weighted by atomic mass is 9.95. The minimum absolute atomic E-state index is 0.192. The van der Waals surface area contributed by atoms with Crippen molar-refractivity contribution in [3.8, 4) is 0 Å². The smallest absolute Gasteiger partial charge is 0.326 e. The lowest BCUT2D eigenvalue weighted by Crippen LogP contribution is -2.46. The maximum atomic E-state index is 11.7. The number of imidazole rings is 1. The zero-order chi connectivity index (χ0) is 13.1. The first-order valence-electron chi connectivity index (χ1n) is 5.31. The molecule has 17 heavy (non-hydrogen) atoms. The molecule has 1 rings (SSSR count). The van der Waals surface area contributed by atoms with E-state index in [1.807, 2.05) is 0 Å². The molecule has 1 atom stereocenters. The molecule has 1 amide bonds. The van der Waals surface area contributed by atoms with Gasteiger partial charge in [-0.2, -0.15) is 0 Å². The molecule has 0 spiro atoms. The third-order valence-corrected chi connectivity index (χ3v) is 2.26. The number of carbonyl (C=O) groups is 2. The van der Waals surface area contributed by atoms with Crippen molar-refractivity contribution in [1.29, 1.82) is 0 Å². The second-order valence-electron chi connectivity index (χ2n) is 4.90. The summed E-state index contributed by atoms with van der Waals surface area (Å²) in [7, 11) is 0. The van der Waals surface area contributed by atoms with Crippen LogP contribution >= 0.6 is 0 Å². The summed E-state index contributed by atoms with van der Waals surface area (Å²) in [5, 5.41) is 11.5. The molecule has 1 heterocycles. The molecule has 1 aromatic rings. The third kappa shape index (κ3) is 3.90. The molecule has 0 bridgehead atoms. The summed E-state index contributed by atoms with van der Waals surface area (Å²) in [6, 6.07) is -0.942. The Bertz CT molecular complexity index is 393. The number of aliphatic carboxylic acids is 1. The molecule has 0 fully saturated rings. The third-order valence-electron chi connectivity index (χ3n) is 2.26. The van der Waals surface area contributed by atoms with Gasteiger partial charge in [-0.05, 0) is 0 Å². The van der Waals surface area contributed by atoms with Gasteiger partial charge in [0.05, 0.1) is 6.33 Å². The van der Waals surface area contributed by atoms with Crippen molar-refractivity contribution in [3.63, 3.8) is 0 Å². The van der Waals surface area contributed by atoms with Crippen LogP contribution < -0.4 is 5.32 Å². The first-order chi connectivity index (χ1) is 7.80. The van der Waals surface area contributed by atoms with Crippen LogP contribution in [-0.2, 0) is 16.0 Å². The molecule has 0 aromatic carbocycles. The molecule has 0 saturated heterocycles. The van der Waals surface area contributed by atoms with E-state index in [0.29, 0.717) is 5.69 Å². The molecule has 0 radical (unpaired) electrons. The Morgan fingerprint density at radius 3 is 2.59 bits per heavy atom. The van der Waals surface area contributed by atoms with E-state index >= 15 is 0 Å². The van der Waals surface area contributed by atoms with Gasteiger partial charge in [-0.25, -0.2) is 9.78 Å². The quantitative estimate of drug-likeness (QED) is 0.715. The summed E-state index contributed by atoms with van der Waals surface area (Å²) in [6.45, 7) is 5.20. The van der Waals surface area contributed by atoms with Crippen LogP contribution in [0.2, 0.25) is 0 Å². The Morgan fingerprint density at radius 1 is 1.53 bits per heavy atom. The topological polar surface area (TPSA) is 95.1 Å². The fraction of sp³-hybridized carbons (Fsp3) is 0.545. The largest absolute Gasteiger partial charge is 0.480 e. The van der Waals surface area contributed by atoms with Crippen LogP contribution in [0.1, 0.15) is 26.5 Å². The summed E-state index contributed by atoms with van der Waals surface area (Å²) in [6.07, 6.45) is 3.20. The summed E-state index contributed by atoms with van der Waals surface area (Å²) < 4.78 is 0. The summed E-state index contributed by atoms with van der Waals surface area (Å²) in [5.41, 5.74) is 0.0633. The van der Waals surface area contributed by atoms with Crippen molar-refractivity contribution in [2.24, 2.45) is 5.41 Å². The number of amides is 1. The second-order valence-corrected chi connectivity index (χ2v) is 4.90. The van der Waals surface area contributed by atoms with E-state index in [4.69, 9.17) is 5.11 Å². The normalized spacial score (nSPS) is 13.1. The van der Waals surface area contributed by atoms with Gasteiger partial charge in [0, 0.05) is 23.7 Å². The SMILES string of the molecule is CC(C)(C)C(=O)NC(Cc1cnc[nH]1)C(=O)O. The highest BCUT2D eigenvalue weighted by Gasteiger charge is 2.27. The lowest BCUT2D eigenvalue weighted by Gasteiger charge is -2.21. The van der Waals surface area contributed by atoms with E-state index in [1.165, 1.54) is 6.33 Å². The predicted molar refractivity (Wildman–Crippen MR) is 61.3 cm³/mol. The van der Waals surface area contributed by atoms with Crippen molar-refractivity contribution in [3.05, 3.63) is 18.2 Å². The van der Waals surface area contributed by atoms with Gasteiger partial charge >= 0.3 is 5.97 Å². The monoisotopic (exact) mass is 239 g/mol. The number of rotatable bonds is 4. The van der Waals surface area contributed by atoms with Gasteiger partial charge in [0.15, 0.2) is 0 Å². The molecule has 94 valence electrons. The number of hydrogen-bond acceptors (Lipinski definition) is 3. The van der Waals surface area contributed by atoms with E-state index in [0.717, 1.165) is 0 Å². The van der Waals surface area contributed by atoms with Gasteiger partial charge in [-0.1, -0.05) is 20.8 Å². The number of nitrogens with zero attached hydrogens (tertiary/aromatic N) is 1. The average molecular weight is 239 g/mol. The Hall–Kier alpha value is -1.85. The van der Waals surface area contributed by atoms with Crippen LogP contribution in [-0.4, -0.2) is 33.0 Å². The highest BCUT2D eigenvalue weighted by atomic mass is 16.4. The number of aromatic nitrogens is 2. The number of carbonyl (C=O) groups excluding carboxylic acids is 1. The molecular formula is C11H17N3O3. The second kappa shape index (κ2) is 4.99. The number of aromatic amines is 1. The Morgan fingerprint density at radius 2 is 2.18 bits per heavy atom. The van der Waals surface area contributed by atoms with Crippen LogP contribution in [0.5, 0.6) is 0 Å². The Labute approximate surface area is 99.4 Å². The van der Waals surface area contributed by atoms with Gasteiger partial charge in [-0.3, -0.25) is 4.79 Å². The summed E-state index contributed by atoms with van der Waals surface area (Å²) in [5.74, 6) is -1.35. The van der Waals surface area contributed by atoms with Gasteiger partial charge in [0.25, 0.3) is 0 Å². The van der Waals surface area contributed by atoms with E-state index in [2.05, 4.69) is 15.3 Å². The van der Waals surface area contributed by atoms with Gasteiger partial charge < -0.3 is 15.4 Å². The van der Waals surface area contributed by atoms with Crippen molar-refractivity contribution < 1.29 is 14.7 Å². The maximum Gasteiger partial charge on any atom is 0.326 e. The van der Waals surface area contributed by atoms with Crippen LogP contribution in [0.4, 0.5) is 0 Å². The first-order valence-corrected chi connectivity index (χ1v) is 5.31. The maximum absolute atomic E-state index is 11.7. The Balaban J connectivity index is 2.68. The standard InChI is InChI=1S/C11H17N3O3/c1-11(2,3)10(17)14-8(9(15)16)4-7-5-12-6-13-7/h5-6,8H,4H2,1-3H3,(H,12,13)(H,14,17)(H,15,16). The van der Waals surface area contributed by atoms with E-state index in [9.17, 15) is 9.59 Å². The average Bonchev–Trinajstić information content (AvgIpc) is 2.67. The fourth-order valence-electron chi connectivity index (χ4n) is 1.19. The number of carboxylic acids is 1. The fourth-order valence-corrected chi connectivity index (χ4v) is 1.19. The van der Waals surface area contributed by atoms with Crippen molar-refractivity contribution in [1.82, 2.24) is 15.3 Å². The molecular weight excluding hydrogens is 222 g/mol. The Kier molecular flexibility index (Phi) is 3.88. The molecule has 0 aliphatic carbocycles. The highest BCUT2D eigenvalue weighted by Crippen LogP contribution is 2.13. The minimum Gasteiger partial charge on any atom is -0.480 e. The molecule has 1 unspecified atom stereocenters. The van der Waals surface area contributed by atoms with Crippen LogP contribution in [0.25, 0.3) is 0 Å². The molecule has 0 saturated carbocycles. The molecule has 0 aliphatic rings. The van der Waals surface area contributed by atoms with Crippen molar-refractivity contribution in [2.45, 2.75) is 33.2 Å². The van der Waals surface area contributed by atoms with E-state index in [-0.39, 0.29) is 12.3 Å². The lowest BCUT2D eigenvalue weighted by molar-refractivity contribution is -0.143. The predicted octanol–water partition coefficient (Wildman–Crippen LogP) is 0.568. The minimum atomic E-state index is -1.06. The molecule has 6 heteroatoms. The van der Waals surface area contributed by atoms with Crippen molar-refractivity contribution >= 4 is 11.9 Å². The first kappa shape index (κ1) is 13.2. The number of carboxylic acid groups (broad SMARTS) is 1. The zero-order valence-electron chi connectivity index (χ0n) is 10.2. The number of nitrogens with one attached hydrogen (secondary N) is 2. The zero-order valence-corrected chi connectivity index (χ0v) is 10.2. The summed E-state index contributed by atoms with van der Waals surface area (Å²) in [4.78, 5) is 29.4. The van der Waals surface area contributed by atoms with Crippen LogP contribution in [0, 0.1) is 5.41 Å². The van der Waals surface area contributed by atoms with Crippen molar-refractivity contribution in [2.75, 3.05) is 0 Å². The molecule has 6 nitrogen and oxygen atoms in total. The number of hydrogen-bond donors (Lipinski definition) is 3. The van der Waals surface area contributed by atoms with Crippen LogP contribution in [0.15, 0.2) is 12.5 Å². The molecule has 1 aromatic heterocycles. The highest BCUT2D eigenvalue weighted by molar-refractivity contribution is 5.86. The van der Waals surface area contributed by atoms with Gasteiger partial charge in [0.1, 0.15) is 6.04 Å². The summed E-state index contributed by atoms with van der Waals surface area (Å²) >= 11 is 0. The van der Waals surface area contributed by atoms with Gasteiger partial charge in [-0.15, -0.1) is 0 Å². The van der Waals surface area contributed by atoms with Gasteiger partial charge in [0.2, 0.25) is 5.91 Å². The molecule has 0 aliphatic heterocycles. The molecule has 3 N–H and O–H groups in total. The van der Waals surface area contributed by atoms with Crippen LogP contribution in [0.3, 0.4) is 0 Å². The van der Waals surface area contributed by atoms with E-state index in [1.54, 1.807) is 27.0 Å². The van der Waals surface area contributed by atoms with E-state index < -0.39 is 17.4 Å². The number of H-pyrrole nitrogens is 1.